The molecular formula is C17H20N4O2S. The van der Waals surface area contributed by atoms with Gasteiger partial charge >= 0.3 is 0 Å². The van der Waals surface area contributed by atoms with Crippen LogP contribution in [0.1, 0.15) is 43.4 Å². The summed E-state index contributed by atoms with van der Waals surface area (Å²) in [5.41, 5.74) is 1.12. The molecule has 1 aliphatic rings. The first kappa shape index (κ1) is 16.6. The lowest BCUT2D eigenvalue weighted by Crippen LogP contribution is -2.46. The number of aromatic nitrogens is 2. The molecule has 24 heavy (non-hydrogen) atoms. The van der Waals surface area contributed by atoms with Crippen molar-refractivity contribution >= 4 is 23.2 Å². The Balaban J connectivity index is 1.55. The number of thiophene rings is 1. The third kappa shape index (κ3) is 3.62. The largest absolute Gasteiger partial charge is 0.349 e. The number of hydrogen-bond donors (Lipinski definition) is 1. The molecule has 0 saturated carbocycles. The Morgan fingerprint density at radius 1 is 1.25 bits per heavy atom. The maximum Gasteiger partial charge on any atom is 0.274 e. The highest BCUT2D eigenvalue weighted by atomic mass is 32.1. The molecule has 0 spiro atoms. The molecule has 126 valence electrons. The van der Waals surface area contributed by atoms with Crippen LogP contribution in [0.4, 0.5) is 0 Å². The molecule has 2 amide bonds. The highest BCUT2D eigenvalue weighted by Gasteiger charge is 2.26. The highest BCUT2D eigenvalue weighted by Crippen LogP contribution is 2.21. The molecule has 0 bridgehead atoms. The van der Waals surface area contributed by atoms with Gasteiger partial charge in [-0.1, -0.05) is 0 Å². The molecule has 0 aromatic carbocycles. The van der Waals surface area contributed by atoms with Crippen molar-refractivity contribution < 1.29 is 9.59 Å². The number of aryl methyl sites for hydroxylation is 2. The van der Waals surface area contributed by atoms with Crippen molar-refractivity contribution in [3.8, 4) is 0 Å². The second-order valence-electron chi connectivity index (χ2n) is 5.96. The van der Waals surface area contributed by atoms with Gasteiger partial charge in [0.1, 0.15) is 5.69 Å². The van der Waals surface area contributed by atoms with Crippen molar-refractivity contribution in [3.63, 3.8) is 0 Å². The van der Waals surface area contributed by atoms with Gasteiger partial charge in [-0.3, -0.25) is 14.6 Å². The van der Waals surface area contributed by atoms with E-state index in [1.165, 1.54) is 12.4 Å². The first-order valence-corrected chi connectivity index (χ1v) is 8.79. The Kier molecular flexibility index (Phi) is 4.89. The maximum atomic E-state index is 12.4. The first-order chi connectivity index (χ1) is 11.5. The smallest absolute Gasteiger partial charge is 0.274 e. The van der Waals surface area contributed by atoms with Gasteiger partial charge in [0.15, 0.2) is 0 Å². The second kappa shape index (κ2) is 7.09. The van der Waals surface area contributed by atoms with Crippen LogP contribution in [0.15, 0.2) is 24.7 Å². The molecule has 3 rings (SSSR count). The number of carbonyl (C=O) groups is 2. The van der Waals surface area contributed by atoms with E-state index in [2.05, 4.69) is 15.3 Å². The van der Waals surface area contributed by atoms with Gasteiger partial charge in [-0.25, -0.2) is 4.98 Å². The van der Waals surface area contributed by atoms with Gasteiger partial charge in [0.2, 0.25) is 0 Å². The van der Waals surface area contributed by atoms with Crippen LogP contribution >= 0.6 is 11.3 Å². The van der Waals surface area contributed by atoms with Crippen LogP contribution in [0.5, 0.6) is 0 Å². The van der Waals surface area contributed by atoms with Gasteiger partial charge in [0.25, 0.3) is 11.8 Å². The van der Waals surface area contributed by atoms with Crippen molar-refractivity contribution in [3.05, 3.63) is 45.7 Å². The van der Waals surface area contributed by atoms with E-state index in [1.54, 1.807) is 22.4 Å². The Labute approximate surface area is 144 Å². The molecule has 0 radical (unpaired) electrons. The van der Waals surface area contributed by atoms with Crippen molar-refractivity contribution in [2.75, 3.05) is 13.1 Å². The molecule has 1 fully saturated rings. The monoisotopic (exact) mass is 344 g/mol. The van der Waals surface area contributed by atoms with Crippen molar-refractivity contribution in [2.45, 2.75) is 32.7 Å². The van der Waals surface area contributed by atoms with Gasteiger partial charge in [0.05, 0.1) is 11.8 Å². The number of nitrogens with zero attached hydrogens (tertiary/aromatic N) is 3. The Morgan fingerprint density at radius 3 is 2.58 bits per heavy atom. The summed E-state index contributed by atoms with van der Waals surface area (Å²) in [5.74, 6) is -0.118. The van der Waals surface area contributed by atoms with Crippen LogP contribution < -0.4 is 5.32 Å². The highest BCUT2D eigenvalue weighted by molar-refractivity contribution is 7.12. The van der Waals surface area contributed by atoms with E-state index in [1.807, 2.05) is 19.9 Å². The lowest BCUT2D eigenvalue weighted by Gasteiger charge is -2.32. The Bertz CT molecular complexity index is 736. The van der Waals surface area contributed by atoms with Crippen molar-refractivity contribution in [2.24, 2.45) is 0 Å². The molecule has 7 heteroatoms. The van der Waals surface area contributed by atoms with Crippen molar-refractivity contribution in [1.29, 1.82) is 0 Å². The van der Waals surface area contributed by atoms with E-state index >= 15 is 0 Å². The number of piperidine rings is 1. The molecular weight excluding hydrogens is 324 g/mol. The Hall–Kier alpha value is -2.28. The molecule has 1 N–H and O–H groups in total. The summed E-state index contributed by atoms with van der Waals surface area (Å²) in [7, 11) is 0. The fourth-order valence-corrected chi connectivity index (χ4v) is 3.84. The number of likely N-dealkylation sites (tertiary alicyclic amines) is 1. The predicted octanol–water partition coefficient (Wildman–Crippen LogP) is 2.19. The zero-order chi connectivity index (χ0) is 17.1. The zero-order valence-corrected chi connectivity index (χ0v) is 14.6. The quantitative estimate of drug-likeness (QED) is 0.926. The lowest BCUT2D eigenvalue weighted by molar-refractivity contribution is 0.0692. The molecule has 0 aliphatic carbocycles. The molecule has 2 aromatic heterocycles. The van der Waals surface area contributed by atoms with E-state index in [-0.39, 0.29) is 17.9 Å². The molecule has 2 aromatic rings. The average molecular weight is 344 g/mol. The van der Waals surface area contributed by atoms with Crippen LogP contribution in [0.2, 0.25) is 0 Å². The van der Waals surface area contributed by atoms with Crippen molar-refractivity contribution in [1.82, 2.24) is 20.2 Å². The summed E-state index contributed by atoms with van der Waals surface area (Å²) in [6.45, 7) is 5.20. The summed E-state index contributed by atoms with van der Waals surface area (Å²) < 4.78 is 0. The van der Waals surface area contributed by atoms with E-state index in [4.69, 9.17) is 0 Å². The lowest BCUT2D eigenvalue weighted by atomic mass is 10.0. The predicted molar refractivity (Wildman–Crippen MR) is 92.2 cm³/mol. The van der Waals surface area contributed by atoms with Crippen LogP contribution in [0, 0.1) is 13.8 Å². The average Bonchev–Trinajstić information content (AvgIpc) is 2.94. The van der Waals surface area contributed by atoms with E-state index in [9.17, 15) is 9.59 Å². The fourth-order valence-electron chi connectivity index (χ4n) is 2.92. The number of nitrogens with one attached hydrogen (secondary N) is 1. The molecule has 3 heterocycles. The van der Waals surface area contributed by atoms with Gasteiger partial charge in [-0.05, 0) is 32.8 Å². The minimum atomic E-state index is -0.0998. The zero-order valence-electron chi connectivity index (χ0n) is 13.8. The van der Waals surface area contributed by atoms with Crippen LogP contribution in [-0.2, 0) is 0 Å². The number of amides is 2. The summed E-state index contributed by atoms with van der Waals surface area (Å²) in [6, 6.07) is 2.03. The third-order valence-electron chi connectivity index (χ3n) is 4.19. The third-order valence-corrected chi connectivity index (χ3v) is 5.15. The number of rotatable bonds is 3. The number of carbonyl (C=O) groups excluding carboxylic acids is 2. The van der Waals surface area contributed by atoms with Gasteiger partial charge in [0, 0.05) is 41.3 Å². The topological polar surface area (TPSA) is 75.2 Å². The van der Waals surface area contributed by atoms with Crippen LogP contribution in [-0.4, -0.2) is 45.8 Å². The first-order valence-electron chi connectivity index (χ1n) is 7.98. The SMILES string of the molecule is Cc1cc(C(=O)NC2CCN(C(=O)c3cnccn3)CC2)c(C)s1. The fraction of sp³-hybridized carbons (Fsp3) is 0.412. The summed E-state index contributed by atoms with van der Waals surface area (Å²) in [5, 5.41) is 3.09. The molecule has 1 aliphatic heterocycles. The maximum absolute atomic E-state index is 12.4. The summed E-state index contributed by atoms with van der Waals surface area (Å²) in [6.07, 6.45) is 6.05. The molecule has 0 unspecified atom stereocenters. The second-order valence-corrected chi connectivity index (χ2v) is 7.42. The minimum absolute atomic E-state index is 0.0180. The standard InChI is InChI=1S/C17H20N4O2S/c1-11-9-14(12(2)24-11)16(22)20-13-3-7-21(8-4-13)17(23)15-10-18-5-6-19-15/h5-6,9-10,13H,3-4,7-8H2,1-2H3,(H,20,22). The van der Waals surface area contributed by atoms with Gasteiger partial charge in [-0.2, -0.15) is 0 Å². The number of hydrogen-bond acceptors (Lipinski definition) is 5. The van der Waals surface area contributed by atoms with Gasteiger partial charge in [-0.15, -0.1) is 11.3 Å². The normalized spacial score (nSPS) is 15.3. The van der Waals surface area contributed by atoms with E-state index in [0.29, 0.717) is 18.8 Å². The Morgan fingerprint density at radius 2 is 2.00 bits per heavy atom. The molecule has 0 atom stereocenters. The molecule has 1 saturated heterocycles. The minimum Gasteiger partial charge on any atom is -0.349 e. The summed E-state index contributed by atoms with van der Waals surface area (Å²) in [4.78, 5) is 36.7. The van der Waals surface area contributed by atoms with Crippen LogP contribution in [0.3, 0.4) is 0 Å². The van der Waals surface area contributed by atoms with Crippen LogP contribution in [0.25, 0.3) is 0 Å². The van der Waals surface area contributed by atoms with E-state index < -0.39 is 0 Å². The van der Waals surface area contributed by atoms with E-state index in [0.717, 1.165) is 28.2 Å². The molecule has 6 nitrogen and oxygen atoms in total. The van der Waals surface area contributed by atoms with Gasteiger partial charge < -0.3 is 10.2 Å². The summed E-state index contributed by atoms with van der Waals surface area (Å²) >= 11 is 1.63.